The number of nitriles is 1. The van der Waals surface area contributed by atoms with Crippen LogP contribution in [-0.4, -0.2) is 10.2 Å². The van der Waals surface area contributed by atoms with E-state index in [0.717, 1.165) is 0 Å². The third kappa shape index (κ3) is 0.818. The lowest BCUT2D eigenvalue weighted by Gasteiger charge is -1.82. The zero-order chi connectivity index (χ0) is 7.56. The summed E-state index contributed by atoms with van der Waals surface area (Å²) in [6.07, 6.45) is 0.585. The summed E-state index contributed by atoms with van der Waals surface area (Å²) in [6, 6.07) is 1.88. The smallest absolute Gasteiger partial charge is 0.268 e. The van der Waals surface area contributed by atoms with Gasteiger partial charge in [0.15, 0.2) is 0 Å². The van der Waals surface area contributed by atoms with Crippen LogP contribution in [0.1, 0.15) is 18.2 Å². The summed E-state index contributed by atoms with van der Waals surface area (Å²) in [5, 5.41) is 13.2. The van der Waals surface area contributed by atoms with Crippen molar-refractivity contribution in [2.45, 2.75) is 13.3 Å². The third-order valence-electron chi connectivity index (χ3n) is 1.34. The summed E-state index contributed by atoms with van der Waals surface area (Å²) in [4.78, 5) is 10.8. The highest BCUT2D eigenvalue weighted by molar-refractivity contribution is 5.28. The number of nitrogens with one attached hydrogen (secondary N) is 2. The van der Waals surface area contributed by atoms with Gasteiger partial charge in [-0.2, -0.15) is 5.26 Å². The van der Waals surface area contributed by atoms with E-state index in [9.17, 15) is 4.79 Å². The Morgan fingerprint density at radius 1 is 1.60 bits per heavy atom. The molecule has 0 unspecified atom stereocenters. The fourth-order valence-corrected chi connectivity index (χ4v) is 0.816. The van der Waals surface area contributed by atoms with Crippen molar-refractivity contribution in [2.75, 3.05) is 0 Å². The average molecular weight is 137 g/mol. The summed E-state index contributed by atoms with van der Waals surface area (Å²) >= 11 is 0. The monoisotopic (exact) mass is 137 g/mol. The molecule has 1 rings (SSSR count). The summed E-state index contributed by atoms with van der Waals surface area (Å²) in [5.41, 5.74) is 0.675. The molecule has 4 nitrogen and oxygen atoms in total. The Kier molecular flexibility index (Phi) is 1.59. The fourth-order valence-electron chi connectivity index (χ4n) is 0.816. The number of H-pyrrole nitrogens is 2. The first-order valence-electron chi connectivity index (χ1n) is 2.99. The second kappa shape index (κ2) is 2.40. The van der Waals surface area contributed by atoms with Gasteiger partial charge < -0.3 is 0 Å². The highest BCUT2D eigenvalue weighted by atomic mass is 16.1. The summed E-state index contributed by atoms with van der Waals surface area (Å²) in [7, 11) is 0. The molecule has 0 fully saturated rings. The van der Waals surface area contributed by atoms with Gasteiger partial charge in [0.05, 0.1) is 5.56 Å². The van der Waals surface area contributed by atoms with Gasteiger partial charge in [-0.25, -0.2) is 0 Å². The minimum Gasteiger partial charge on any atom is -0.288 e. The van der Waals surface area contributed by atoms with E-state index in [1.54, 1.807) is 0 Å². The first kappa shape index (κ1) is 6.62. The molecule has 0 saturated heterocycles. The van der Waals surface area contributed by atoms with Gasteiger partial charge in [-0.15, -0.1) is 0 Å². The Labute approximate surface area is 57.5 Å². The van der Waals surface area contributed by atoms with E-state index in [1.165, 1.54) is 0 Å². The van der Waals surface area contributed by atoms with Crippen LogP contribution in [0.4, 0.5) is 0 Å². The van der Waals surface area contributed by atoms with Crippen molar-refractivity contribution in [1.82, 2.24) is 10.2 Å². The number of hydrogen-bond donors (Lipinski definition) is 2. The van der Waals surface area contributed by atoms with Crippen LogP contribution >= 0.6 is 0 Å². The van der Waals surface area contributed by atoms with E-state index in [4.69, 9.17) is 5.26 Å². The van der Waals surface area contributed by atoms with Gasteiger partial charge in [-0.3, -0.25) is 15.0 Å². The number of rotatable bonds is 1. The van der Waals surface area contributed by atoms with E-state index < -0.39 is 0 Å². The summed E-state index contributed by atoms with van der Waals surface area (Å²) < 4.78 is 0. The molecular weight excluding hydrogens is 130 g/mol. The highest BCUT2D eigenvalue weighted by Crippen LogP contribution is 1.96. The maximum Gasteiger partial charge on any atom is 0.268 e. The first-order chi connectivity index (χ1) is 4.79. The fraction of sp³-hybridized carbons (Fsp3) is 0.333. The number of hydrogen-bond acceptors (Lipinski definition) is 2. The predicted molar refractivity (Wildman–Crippen MR) is 35.5 cm³/mol. The van der Waals surface area contributed by atoms with Crippen LogP contribution < -0.4 is 5.56 Å². The van der Waals surface area contributed by atoms with Crippen LogP contribution in [0, 0.1) is 11.3 Å². The number of aromatic amines is 2. The Morgan fingerprint density at radius 3 is 2.70 bits per heavy atom. The molecule has 1 aromatic rings. The maximum atomic E-state index is 10.8. The normalized spacial score (nSPS) is 9.20. The Morgan fingerprint density at radius 2 is 2.30 bits per heavy atom. The second-order valence-corrected chi connectivity index (χ2v) is 1.90. The van der Waals surface area contributed by atoms with E-state index in [-0.39, 0.29) is 5.56 Å². The quantitative estimate of drug-likeness (QED) is 0.577. The van der Waals surface area contributed by atoms with Crippen LogP contribution in [-0.2, 0) is 6.42 Å². The largest absolute Gasteiger partial charge is 0.288 e. The maximum absolute atomic E-state index is 10.8. The minimum atomic E-state index is -0.195. The molecule has 10 heavy (non-hydrogen) atoms. The van der Waals surface area contributed by atoms with Gasteiger partial charge >= 0.3 is 0 Å². The van der Waals surface area contributed by atoms with Crippen LogP contribution in [0.5, 0.6) is 0 Å². The van der Waals surface area contributed by atoms with E-state index >= 15 is 0 Å². The van der Waals surface area contributed by atoms with Gasteiger partial charge in [-0.1, -0.05) is 6.92 Å². The lowest BCUT2D eigenvalue weighted by molar-refractivity contribution is 1.04. The molecule has 0 saturated carbocycles. The van der Waals surface area contributed by atoms with Gasteiger partial charge in [0.2, 0.25) is 0 Å². The molecule has 1 heterocycles. The molecule has 2 N–H and O–H groups in total. The molecule has 0 aliphatic rings. The molecule has 4 heteroatoms. The van der Waals surface area contributed by atoms with Crippen LogP contribution in [0.2, 0.25) is 0 Å². The molecule has 0 spiro atoms. The number of nitrogens with zero attached hydrogens (tertiary/aromatic N) is 1. The Hall–Kier alpha value is -1.50. The molecule has 0 aromatic carbocycles. The number of aromatic nitrogens is 2. The van der Waals surface area contributed by atoms with Crippen LogP contribution in [0.25, 0.3) is 0 Å². The molecular formula is C6H7N3O. The van der Waals surface area contributed by atoms with Crippen molar-refractivity contribution in [3.8, 4) is 6.07 Å². The van der Waals surface area contributed by atoms with Gasteiger partial charge in [0.25, 0.3) is 5.56 Å². The lowest BCUT2D eigenvalue weighted by Crippen LogP contribution is -2.04. The van der Waals surface area contributed by atoms with Crippen molar-refractivity contribution in [3.63, 3.8) is 0 Å². The SMILES string of the molecule is CCc1c(C#N)[nH][nH]c1=O. The van der Waals surface area contributed by atoms with Crippen LogP contribution in [0.3, 0.4) is 0 Å². The summed E-state index contributed by atoms with van der Waals surface area (Å²) in [6.45, 7) is 1.83. The van der Waals surface area contributed by atoms with Gasteiger partial charge in [-0.05, 0) is 6.42 Å². The predicted octanol–water partition coefficient (Wildman–Crippen LogP) is 0.137. The third-order valence-corrected chi connectivity index (χ3v) is 1.34. The molecule has 0 aliphatic heterocycles. The molecule has 1 aromatic heterocycles. The zero-order valence-electron chi connectivity index (χ0n) is 5.56. The van der Waals surface area contributed by atoms with Crippen molar-refractivity contribution >= 4 is 0 Å². The zero-order valence-corrected chi connectivity index (χ0v) is 5.56. The van der Waals surface area contributed by atoms with Crippen LogP contribution in [0.15, 0.2) is 4.79 Å². The molecule has 0 radical (unpaired) electrons. The second-order valence-electron chi connectivity index (χ2n) is 1.90. The Balaban J connectivity index is 3.30. The van der Waals surface area contributed by atoms with Crippen molar-refractivity contribution in [3.05, 3.63) is 21.6 Å². The topological polar surface area (TPSA) is 72.4 Å². The average Bonchev–Trinajstić information content (AvgIpc) is 2.30. The molecule has 0 amide bonds. The standard InChI is InChI=1S/C6H7N3O/c1-2-4-5(3-7)8-9-6(4)10/h2H2,1H3,(H2,8,9,10). The first-order valence-corrected chi connectivity index (χ1v) is 2.99. The summed E-state index contributed by atoms with van der Waals surface area (Å²) in [5.74, 6) is 0. The molecule has 0 atom stereocenters. The van der Waals surface area contributed by atoms with E-state index in [2.05, 4.69) is 10.2 Å². The lowest BCUT2D eigenvalue weighted by atomic mass is 10.2. The molecule has 52 valence electrons. The van der Waals surface area contributed by atoms with Crippen molar-refractivity contribution in [2.24, 2.45) is 0 Å². The van der Waals surface area contributed by atoms with Gasteiger partial charge in [0.1, 0.15) is 11.8 Å². The Bertz CT molecular complexity index is 314. The van der Waals surface area contributed by atoms with Gasteiger partial charge in [0, 0.05) is 0 Å². The van der Waals surface area contributed by atoms with Crippen molar-refractivity contribution < 1.29 is 0 Å². The highest BCUT2D eigenvalue weighted by Gasteiger charge is 2.04. The molecule has 0 aliphatic carbocycles. The minimum absolute atomic E-state index is 0.195. The molecule has 0 bridgehead atoms. The van der Waals surface area contributed by atoms with Crippen molar-refractivity contribution in [1.29, 1.82) is 5.26 Å². The van der Waals surface area contributed by atoms with E-state index in [0.29, 0.717) is 17.7 Å². The van der Waals surface area contributed by atoms with E-state index in [1.807, 2.05) is 13.0 Å².